The number of nitrogens with one attached hydrogen (secondary N) is 1. The number of urea groups is 1. The highest BCUT2D eigenvalue weighted by Gasteiger charge is 2.26. The number of aryl methyl sites for hydroxylation is 3. The highest BCUT2D eigenvalue weighted by Crippen LogP contribution is 2.29. The third-order valence-corrected chi connectivity index (χ3v) is 5.35. The predicted octanol–water partition coefficient (Wildman–Crippen LogP) is 2.98. The van der Waals surface area contributed by atoms with Gasteiger partial charge in [0.2, 0.25) is 0 Å². The molecule has 0 aliphatic carbocycles. The summed E-state index contributed by atoms with van der Waals surface area (Å²) in [6.07, 6.45) is 0. The summed E-state index contributed by atoms with van der Waals surface area (Å²) in [5, 5.41) is 8.72. The van der Waals surface area contributed by atoms with E-state index < -0.39 is 0 Å². The standard InChI is InChI=1S/C22H29N7O/c1-14(2)23-22(30)28-12-10-27(11-13-28)20-19-16(4)26-29(21(19)25-17(5)24-20)18-8-6-15(3)7-9-18/h6-9,14H,10-13H2,1-5H3,(H,23,30). The van der Waals surface area contributed by atoms with Gasteiger partial charge >= 0.3 is 6.03 Å². The van der Waals surface area contributed by atoms with Gasteiger partial charge in [-0.25, -0.2) is 19.4 Å². The van der Waals surface area contributed by atoms with Gasteiger partial charge in [0.25, 0.3) is 0 Å². The van der Waals surface area contributed by atoms with E-state index in [-0.39, 0.29) is 12.1 Å². The van der Waals surface area contributed by atoms with Gasteiger partial charge in [-0.1, -0.05) is 17.7 Å². The Labute approximate surface area is 176 Å². The van der Waals surface area contributed by atoms with Crippen molar-refractivity contribution in [2.45, 2.75) is 40.7 Å². The molecule has 0 atom stereocenters. The lowest BCUT2D eigenvalue weighted by Gasteiger charge is -2.36. The van der Waals surface area contributed by atoms with Crippen LogP contribution in [0.5, 0.6) is 0 Å². The van der Waals surface area contributed by atoms with Gasteiger partial charge in [-0.05, 0) is 46.8 Å². The summed E-state index contributed by atoms with van der Waals surface area (Å²) in [4.78, 5) is 25.9. The Bertz CT molecular complexity index is 1060. The molecule has 8 nitrogen and oxygen atoms in total. The van der Waals surface area contributed by atoms with E-state index in [4.69, 9.17) is 15.1 Å². The van der Waals surface area contributed by atoms with Crippen LogP contribution in [0.4, 0.5) is 10.6 Å². The first kappa shape index (κ1) is 20.1. The summed E-state index contributed by atoms with van der Waals surface area (Å²) >= 11 is 0. The maximum absolute atomic E-state index is 12.3. The van der Waals surface area contributed by atoms with Crippen LogP contribution in [0.3, 0.4) is 0 Å². The third kappa shape index (κ3) is 3.81. The van der Waals surface area contributed by atoms with Gasteiger partial charge < -0.3 is 15.1 Å². The Morgan fingerprint density at radius 1 is 1.00 bits per heavy atom. The number of amides is 2. The molecule has 1 aromatic carbocycles. The highest BCUT2D eigenvalue weighted by atomic mass is 16.2. The van der Waals surface area contributed by atoms with Crippen molar-refractivity contribution in [1.82, 2.24) is 30.0 Å². The highest BCUT2D eigenvalue weighted by molar-refractivity contribution is 5.91. The van der Waals surface area contributed by atoms with Crippen molar-refractivity contribution in [3.05, 3.63) is 41.3 Å². The van der Waals surface area contributed by atoms with Crippen LogP contribution in [0, 0.1) is 20.8 Å². The van der Waals surface area contributed by atoms with Gasteiger partial charge in [-0.2, -0.15) is 5.10 Å². The van der Waals surface area contributed by atoms with E-state index in [1.165, 1.54) is 5.56 Å². The number of hydrogen-bond donors (Lipinski definition) is 1. The molecule has 2 aromatic heterocycles. The van der Waals surface area contributed by atoms with Crippen LogP contribution in [-0.4, -0.2) is 62.9 Å². The van der Waals surface area contributed by atoms with Crippen molar-refractivity contribution >= 4 is 22.9 Å². The van der Waals surface area contributed by atoms with Crippen molar-refractivity contribution in [2.75, 3.05) is 31.1 Å². The Hall–Kier alpha value is -3.16. The minimum Gasteiger partial charge on any atom is -0.352 e. The SMILES string of the molecule is Cc1ccc(-n2nc(C)c3c(N4CCN(C(=O)NC(C)C)CC4)nc(C)nc32)cc1. The first-order valence-corrected chi connectivity index (χ1v) is 10.4. The van der Waals surface area contributed by atoms with E-state index in [0.29, 0.717) is 18.9 Å². The number of hydrogen-bond acceptors (Lipinski definition) is 5. The van der Waals surface area contributed by atoms with Crippen molar-refractivity contribution in [3.63, 3.8) is 0 Å². The fraction of sp³-hybridized carbons (Fsp3) is 0.455. The Balaban J connectivity index is 1.66. The van der Waals surface area contributed by atoms with E-state index in [1.807, 2.05) is 37.3 Å². The van der Waals surface area contributed by atoms with Crippen LogP contribution in [-0.2, 0) is 0 Å². The predicted molar refractivity (Wildman–Crippen MR) is 118 cm³/mol. The second-order valence-corrected chi connectivity index (χ2v) is 8.20. The molecular formula is C22H29N7O. The maximum atomic E-state index is 12.3. The van der Waals surface area contributed by atoms with E-state index in [2.05, 4.69) is 41.4 Å². The largest absolute Gasteiger partial charge is 0.352 e. The molecule has 1 aliphatic rings. The molecule has 158 valence electrons. The van der Waals surface area contributed by atoms with E-state index >= 15 is 0 Å². The fourth-order valence-corrected chi connectivity index (χ4v) is 3.82. The van der Waals surface area contributed by atoms with Crippen molar-refractivity contribution in [3.8, 4) is 5.69 Å². The first-order chi connectivity index (χ1) is 14.3. The van der Waals surface area contributed by atoms with Gasteiger partial charge in [0.05, 0.1) is 16.8 Å². The zero-order valence-electron chi connectivity index (χ0n) is 18.3. The van der Waals surface area contributed by atoms with Crippen LogP contribution < -0.4 is 10.2 Å². The lowest BCUT2D eigenvalue weighted by molar-refractivity contribution is 0.192. The third-order valence-electron chi connectivity index (χ3n) is 5.35. The molecule has 1 aliphatic heterocycles. The first-order valence-electron chi connectivity index (χ1n) is 10.4. The zero-order valence-corrected chi connectivity index (χ0v) is 18.3. The van der Waals surface area contributed by atoms with Gasteiger partial charge in [0.1, 0.15) is 11.6 Å². The second kappa shape index (κ2) is 7.93. The molecular weight excluding hydrogens is 378 g/mol. The minimum atomic E-state index is -0.00274. The summed E-state index contributed by atoms with van der Waals surface area (Å²) in [6.45, 7) is 12.7. The molecule has 2 amide bonds. The normalized spacial score (nSPS) is 14.6. The zero-order chi connectivity index (χ0) is 21.4. The quantitative estimate of drug-likeness (QED) is 0.722. The maximum Gasteiger partial charge on any atom is 0.317 e. The Morgan fingerprint density at radius 2 is 1.67 bits per heavy atom. The van der Waals surface area contributed by atoms with Crippen molar-refractivity contribution in [2.24, 2.45) is 0 Å². The number of fused-ring (bicyclic) bond motifs is 1. The molecule has 0 bridgehead atoms. The molecule has 3 heterocycles. The number of nitrogens with zero attached hydrogens (tertiary/aromatic N) is 6. The number of carbonyl (C=O) groups is 1. The molecule has 0 spiro atoms. The van der Waals surface area contributed by atoms with Crippen LogP contribution in [0.25, 0.3) is 16.7 Å². The molecule has 0 radical (unpaired) electrons. The molecule has 1 fully saturated rings. The van der Waals surface area contributed by atoms with Crippen LogP contribution in [0.2, 0.25) is 0 Å². The van der Waals surface area contributed by atoms with Crippen LogP contribution >= 0.6 is 0 Å². The molecule has 1 saturated heterocycles. The minimum absolute atomic E-state index is 0.00274. The Kier molecular flexibility index (Phi) is 5.32. The Morgan fingerprint density at radius 3 is 2.30 bits per heavy atom. The van der Waals surface area contributed by atoms with Gasteiger partial charge in [0.15, 0.2) is 5.65 Å². The number of aromatic nitrogens is 4. The van der Waals surface area contributed by atoms with Gasteiger partial charge in [0, 0.05) is 32.2 Å². The number of benzene rings is 1. The summed E-state index contributed by atoms with van der Waals surface area (Å²) in [5.74, 6) is 1.61. The van der Waals surface area contributed by atoms with Crippen LogP contribution in [0.15, 0.2) is 24.3 Å². The van der Waals surface area contributed by atoms with Crippen LogP contribution in [0.1, 0.15) is 30.9 Å². The molecule has 1 N–H and O–H groups in total. The number of piperazine rings is 1. The number of carbonyl (C=O) groups excluding carboxylic acids is 1. The summed E-state index contributed by atoms with van der Waals surface area (Å²) in [6, 6.07) is 8.41. The average Bonchev–Trinajstić information content (AvgIpc) is 3.04. The topological polar surface area (TPSA) is 79.2 Å². The monoisotopic (exact) mass is 407 g/mol. The molecule has 0 unspecified atom stereocenters. The van der Waals surface area contributed by atoms with Crippen molar-refractivity contribution < 1.29 is 4.79 Å². The van der Waals surface area contributed by atoms with E-state index in [0.717, 1.165) is 41.3 Å². The summed E-state index contributed by atoms with van der Waals surface area (Å²) < 4.78 is 1.90. The summed E-state index contributed by atoms with van der Waals surface area (Å²) in [7, 11) is 0. The average molecular weight is 408 g/mol. The smallest absolute Gasteiger partial charge is 0.317 e. The number of rotatable bonds is 3. The molecule has 0 saturated carbocycles. The van der Waals surface area contributed by atoms with Gasteiger partial charge in [-0.3, -0.25) is 0 Å². The second-order valence-electron chi connectivity index (χ2n) is 8.20. The molecule has 3 aromatic rings. The van der Waals surface area contributed by atoms with E-state index in [1.54, 1.807) is 0 Å². The number of anilines is 1. The lowest BCUT2D eigenvalue weighted by atomic mass is 10.2. The van der Waals surface area contributed by atoms with E-state index in [9.17, 15) is 4.79 Å². The van der Waals surface area contributed by atoms with Crippen molar-refractivity contribution in [1.29, 1.82) is 0 Å². The van der Waals surface area contributed by atoms with Gasteiger partial charge in [-0.15, -0.1) is 0 Å². The fourth-order valence-electron chi connectivity index (χ4n) is 3.82. The summed E-state index contributed by atoms with van der Waals surface area (Å²) in [5.41, 5.74) is 3.91. The molecule has 30 heavy (non-hydrogen) atoms. The molecule has 8 heteroatoms. The molecule has 4 rings (SSSR count). The lowest BCUT2D eigenvalue weighted by Crippen LogP contribution is -2.53.